The standard InChI is InChI=1S/C24H27F2N5O3/c1-34-21-14-22(32)31-12-11-29(15-17-3-4-18(25)13-19(17)26)9-5-20(31)23(21)24(33)28-6-2-8-30-10-7-27-16-30/h3-4,7,10,13-14,16H,2,5-6,8-9,11-12,15H2,1H3,(H,28,33). The zero-order valence-electron chi connectivity index (χ0n) is 19.0. The van der Waals surface area contributed by atoms with Crippen molar-refractivity contribution >= 4 is 5.91 Å². The minimum Gasteiger partial charge on any atom is -0.496 e. The maximum atomic E-state index is 14.1. The van der Waals surface area contributed by atoms with E-state index in [2.05, 4.69) is 10.3 Å². The van der Waals surface area contributed by atoms with Gasteiger partial charge in [-0.2, -0.15) is 0 Å². The van der Waals surface area contributed by atoms with Gasteiger partial charge in [0, 0.05) is 81.5 Å². The number of aromatic nitrogens is 3. The quantitative estimate of drug-likeness (QED) is 0.510. The van der Waals surface area contributed by atoms with Crippen molar-refractivity contribution in [2.24, 2.45) is 0 Å². The molecule has 0 bridgehead atoms. The highest BCUT2D eigenvalue weighted by molar-refractivity contribution is 5.98. The van der Waals surface area contributed by atoms with Gasteiger partial charge >= 0.3 is 0 Å². The van der Waals surface area contributed by atoms with Crippen LogP contribution in [-0.2, 0) is 26.1 Å². The summed E-state index contributed by atoms with van der Waals surface area (Å²) in [6.07, 6.45) is 6.41. The fourth-order valence-corrected chi connectivity index (χ4v) is 4.22. The molecule has 180 valence electrons. The van der Waals surface area contributed by atoms with E-state index in [9.17, 15) is 18.4 Å². The molecule has 0 saturated heterocycles. The Morgan fingerprint density at radius 1 is 1.21 bits per heavy atom. The number of ether oxygens (including phenoxy) is 1. The van der Waals surface area contributed by atoms with Gasteiger partial charge in [-0.3, -0.25) is 14.5 Å². The average molecular weight is 472 g/mol. The molecule has 0 fully saturated rings. The summed E-state index contributed by atoms with van der Waals surface area (Å²) in [6, 6.07) is 4.86. The minimum atomic E-state index is -0.621. The number of halogens is 2. The van der Waals surface area contributed by atoms with Gasteiger partial charge in [0.05, 0.1) is 13.4 Å². The number of carbonyl (C=O) groups excluding carboxylic acids is 1. The van der Waals surface area contributed by atoms with Crippen molar-refractivity contribution in [3.8, 4) is 5.75 Å². The first-order valence-corrected chi connectivity index (χ1v) is 11.2. The van der Waals surface area contributed by atoms with E-state index in [1.165, 1.54) is 25.3 Å². The van der Waals surface area contributed by atoms with Crippen molar-refractivity contribution < 1.29 is 18.3 Å². The molecule has 3 heterocycles. The highest BCUT2D eigenvalue weighted by atomic mass is 19.1. The predicted octanol–water partition coefficient (Wildman–Crippen LogP) is 2.21. The Morgan fingerprint density at radius 2 is 2.06 bits per heavy atom. The fraction of sp³-hybridized carbons (Fsp3) is 0.375. The molecule has 8 nitrogen and oxygen atoms in total. The molecule has 1 N–H and O–H groups in total. The van der Waals surface area contributed by atoms with Crippen molar-refractivity contribution in [2.75, 3.05) is 26.7 Å². The topological polar surface area (TPSA) is 81.4 Å². The summed E-state index contributed by atoms with van der Waals surface area (Å²) >= 11 is 0. The number of nitrogens with zero attached hydrogens (tertiary/aromatic N) is 4. The van der Waals surface area contributed by atoms with Crippen LogP contribution in [0.5, 0.6) is 5.75 Å². The minimum absolute atomic E-state index is 0.237. The molecule has 2 aromatic heterocycles. The number of nitrogens with one attached hydrogen (secondary N) is 1. The highest BCUT2D eigenvalue weighted by Gasteiger charge is 2.25. The van der Waals surface area contributed by atoms with Crippen LogP contribution in [0.3, 0.4) is 0 Å². The number of amides is 1. The molecule has 1 amide bonds. The summed E-state index contributed by atoms with van der Waals surface area (Å²) in [4.78, 5) is 31.8. The van der Waals surface area contributed by atoms with Gasteiger partial charge in [-0.05, 0) is 12.5 Å². The van der Waals surface area contributed by atoms with Crippen LogP contribution in [0.15, 0.2) is 47.8 Å². The second-order valence-electron chi connectivity index (χ2n) is 8.20. The van der Waals surface area contributed by atoms with Gasteiger partial charge in [0.2, 0.25) is 0 Å². The van der Waals surface area contributed by atoms with Crippen molar-refractivity contribution in [1.82, 2.24) is 24.3 Å². The van der Waals surface area contributed by atoms with E-state index in [0.29, 0.717) is 49.4 Å². The Balaban J connectivity index is 1.49. The molecule has 34 heavy (non-hydrogen) atoms. The van der Waals surface area contributed by atoms with Crippen LogP contribution in [0.25, 0.3) is 0 Å². The predicted molar refractivity (Wildman–Crippen MR) is 122 cm³/mol. The third-order valence-electron chi connectivity index (χ3n) is 5.98. The van der Waals surface area contributed by atoms with E-state index in [4.69, 9.17) is 4.74 Å². The number of hydrogen-bond acceptors (Lipinski definition) is 5. The summed E-state index contributed by atoms with van der Waals surface area (Å²) in [7, 11) is 1.43. The number of hydrogen-bond donors (Lipinski definition) is 1. The molecule has 0 saturated carbocycles. The van der Waals surface area contributed by atoms with E-state index < -0.39 is 11.6 Å². The smallest absolute Gasteiger partial charge is 0.256 e. The average Bonchev–Trinajstić information content (AvgIpc) is 3.25. The summed E-state index contributed by atoms with van der Waals surface area (Å²) < 4.78 is 36.3. The Labute approximate surface area is 195 Å². The first-order valence-electron chi connectivity index (χ1n) is 11.2. The molecule has 4 rings (SSSR count). The molecule has 0 spiro atoms. The molecule has 0 radical (unpaired) electrons. The lowest BCUT2D eigenvalue weighted by molar-refractivity contribution is 0.0947. The van der Waals surface area contributed by atoms with E-state index in [1.54, 1.807) is 17.1 Å². The van der Waals surface area contributed by atoms with Crippen molar-refractivity contribution in [2.45, 2.75) is 32.5 Å². The van der Waals surface area contributed by atoms with E-state index in [0.717, 1.165) is 19.0 Å². The first kappa shape index (κ1) is 23.6. The summed E-state index contributed by atoms with van der Waals surface area (Å²) in [5, 5.41) is 2.92. The molecule has 3 aromatic rings. The fourth-order valence-electron chi connectivity index (χ4n) is 4.22. The number of rotatable bonds is 8. The second-order valence-corrected chi connectivity index (χ2v) is 8.20. The number of carbonyl (C=O) groups is 1. The molecule has 0 atom stereocenters. The SMILES string of the molecule is COc1cc(=O)n2c(c1C(=O)NCCCn1ccnc1)CCN(Cc1ccc(F)cc1F)CC2. The molecular weight excluding hydrogens is 444 g/mol. The number of pyridine rings is 1. The largest absolute Gasteiger partial charge is 0.496 e. The van der Waals surface area contributed by atoms with Gasteiger partial charge in [-0.15, -0.1) is 0 Å². The van der Waals surface area contributed by atoms with Crippen LogP contribution in [0.1, 0.15) is 28.0 Å². The summed E-state index contributed by atoms with van der Waals surface area (Å²) in [5.74, 6) is -1.29. The number of methoxy groups -OCH3 is 1. The Morgan fingerprint density at radius 3 is 2.79 bits per heavy atom. The van der Waals surface area contributed by atoms with Gasteiger partial charge < -0.3 is 19.2 Å². The monoisotopic (exact) mass is 471 g/mol. The number of aryl methyl sites for hydroxylation is 1. The van der Waals surface area contributed by atoms with Gasteiger partial charge in [0.15, 0.2) is 0 Å². The van der Waals surface area contributed by atoms with Crippen LogP contribution in [0.4, 0.5) is 8.78 Å². The molecule has 1 aliphatic rings. The molecule has 0 aliphatic carbocycles. The van der Waals surface area contributed by atoms with Crippen molar-refractivity contribution in [1.29, 1.82) is 0 Å². The van der Waals surface area contributed by atoms with Crippen LogP contribution < -0.4 is 15.6 Å². The third kappa shape index (κ3) is 5.33. The normalized spacial score (nSPS) is 13.9. The lowest BCUT2D eigenvalue weighted by atomic mass is 10.1. The Hall–Kier alpha value is -3.53. The van der Waals surface area contributed by atoms with Crippen molar-refractivity contribution in [3.05, 3.63) is 81.8 Å². The molecule has 1 aliphatic heterocycles. The lowest BCUT2D eigenvalue weighted by Gasteiger charge is -2.19. The van der Waals surface area contributed by atoms with E-state index in [-0.39, 0.29) is 23.8 Å². The van der Waals surface area contributed by atoms with E-state index in [1.807, 2.05) is 15.7 Å². The number of benzene rings is 1. The van der Waals surface area contributed by atoms with Crippen LogP contribution in [0, 0.1) is 11.6 Å². The molecule has 1 aromatic carbocycles. The lowest BCUT2D eigenvalue weighted by Crippen LogP contribution is -2.32. The molecular formula is C24H27F2N5O3. The Bertz CT molecular complexity index is 1210. The zero-order chi connectivity index (χ0) is 24.1. The second kappa shape index (κ2) is 10.6. The molecule has 10 heteroatoms. The van der Waals surface area contributed by atoms with E-state index >= 15 is 0 Å². The van der Waals surface area contributed by atoms with Crippen LogP contribution in [-0.4, -0.2) is 51.7 Å². The summed E-state index contributed by atoms with van der Waals surface area (Å²) in [6.45, 7) is 2.80. The summed E-state index contributed by atoms with van der Waals surface area (Å²) in [5.41, 5.74) is 1.07. The maximum Gasteiger partial charge on any atom is 0.256 e. The first-order chi connectivity index (χ1) is 16.5. The number of imidazole rings is 1. The van der Waals surface area contributed by atoms with Crippen molar-refractivity contribution in [3.63, 3.8) is 0 Å². The zero-order valence-corrected chi connectivity index (χ0v) is 19.0. The Kier molecular flexibility index (Phi) is 7.36. The van der Waals surface area contributed by atoms with Gasteiger partial charge in [-0.25, -0.2) is 13.8 Å². The van der Waals surface area contributed by atoms with Gasteiger partial charge in [0.1, 0.15) is 22.9 Å². The highest BCUT2D eigenvalue weighted by Crippen LogP contribution is 2.23. The van der Waals surface area contributed by atoms with Gasteiger partial charge in [0.25, 0.3) is 11.5 Å². The van der Waals surface area contributed by atoms with Gasteiger partial charge in [-0.1, -0.05) is 6.07 Å². The molecule has 0 unspecified atom stereocenters. The van der Waals surface area contributed by atoms with Crippen LogP contribution >= 0.6 is 0 Å². The number of fused-ring (bicyclic) bond motifs is 1. The third-order valence-corrected chi connectivity index (χ3v) is 5.98. The maximum absolute atomic E-state index is 14.1. The van der Waals surface area contributed by atoms with Crippen LogP contribution in [0.2, 0.25) is 0 Å².